The number of hydrogen-bond acceptors (Lipinski definition) is 5. The first-order valence-corrected chi connectivity index (χ1v) is 12.9. The van der Waals surface area contributed by atoms with Crippen molar-refractivity contribution < 1.29 is 9.53 Å². The molecule has 5 nitrogen and oxygen atoms in total. The van der Waals surface area contributed by atoms with E-state index in [0.29, 0.717) is 24.7 Å². The Labute approximate surface area is 215 Å². The molecule has 1 amide bonds. The van der Waals surface area contributed by atoms with Gasteiger partial charge in [-0.25, -0.2) is 4.98 Å². The summed E-state index contributed by atoms with van der Waals surface area (Å²) in [6, 6.07) is 30.2. The van der Waals surface area contributed by atoms with Gasteiger partial charge in [0.25, 0.3) is 0 Å². The molecule has 0 saturated heterocycles. The molecule has 0 aliphatic heterocycles. The highest BCUT2D eigenvalue weighted by atomic mass is 32.1. The fraction of sp³-hybridized carbons (Fsp3) is 0.167. The second-order valence-corrected chi connectivity index (χ2v) is 9.46. The zero-order valence-electron chi connectivity index (χ0n) is 20.1. The van der Waals surface area contributed by atoms with Crippen LogP contribution in [0.1, 0.15) is 36.0 Å². The number of pyridine rings is 1. The molecule has 0 N–H and O–H groups in total. The van der Waals surface area contributed by atoms with Crippen LogP contribution >= 0.6 is 11.3 Å². The fourth-order valence-corrected chi connectivity index (χ4v) is 5.32. The van der Waals surface area contributed by atoms with E-state index in [2.05, 4.69) is 29.2 Å². The minimum Gasteiger partial charge on any atom is -0.492 e. The van der Waals surface area contributed by atoms with Gasteiger partial charge in [-0.1, -0.05) is 84.1 Å². The predicted octanol–water partition coefficient (Wildman–Crippen LogP) is 6.85. The van der Waals surface area contributed by atoms with E-state index in [-0.39, 0.29) is 11.8 Å². The zero-order valence-corrected chi connectivity index (χ0v) is 20.9. The first-order valence-electron chi connectivity index (χ1n) is 12.0. The number of nitrogens with zero attached hydrogens (tertiary/aromatic N) is 3. The molecule has 0 bridgehead atoms. The molecule has 0 spiro atoms. The number of carbonyl (C=O) groups excluding carboxylic acids is 1. The normalized spacial score (nSPS) is 11.1. The van der Waals surface area contributed by atoms with Crippen molar-refractivity contribution in [3.8, 4) is 5.75 Å². The van der Waals surface area contributed by atoms with Crippen LogP contribution in [0.4, 0.5) is 5.13 Å². The number of benzene rings is 3. The predicted molar refractivity (Wildman–Crippen MR) is 146 cm³/mol. The van der Waals surface area contributed by atoms with E-state index in [1.54, 1.807) is 17.3 Å². The molecule has 5 aromatic rings. The molecule has 0 aliphatic rings. The number of carbonyl (C=O) groups is 1. The van der Waals surface area contributed by atoms with Crippen LogP contribution in [0, 0.1) is 0 Å². The summed E-state index contributed by atoms with van der Waals surface area (Å²) in [6.45, 7) is 2.91. The molecule has 3 aromatic carbocycles. The van der Waals surface area contributed by atoms with Crippen molar-refractivity contribution in [2.45, 2.75) is 25.8 Å². The summed E-state index contributed by atoms with van der Waals surface area (Å²) >= 11 is 1.51. The van der Waals surface area contributed by atoms with Crippen LogP contribution in [0.15, 0.2) is 103 Å². The van der Waals surface area contributed by atoms with Gasteiger partial charge in [-0.2, -0.15) is 0 Å². The van der Waals surface area contributed by atoms with Gasteiger partial charge in [0.15, 0.2) is 5.13 Å². The smallest absolute Gasteiger partial charge is 0.230 e. The second kappa shape index (κ2) is 11.1. The summed E-state index contributed by atoms with van der Waals surface area (Å²) in [4.78, 5) is 25.0. The average Bonchev–Trinajstić information content (AvgIpc) is 3.37. The minimum atomic E-state index is -0.0651. The molecule has 0 aliphatic carbocycles. The van der Waals surface area contributed by atoms with Crippen molar-refractivity contribution in [3.63, 3.8) is 0 Å². The first-order chi connectivity index (χ1) is 17.7. The van der Waals surface area contributed by atoms with Crippen LogP contribution in [0.3, 0.4) is 0 Å². The van der Waals surface area contributed by atoms with Crippen LogP contribution in [0.5, 0.6) is 5.75 Å². The number of hydrogen-bond donors (Lipinski definition) is 0. The number of para-hydroxylation sites is 1. The van der Waals surface area contributed by atoms with Gasteiger partial charge in [0, 0.05) is 24.7 Å². The molecular weight excluding hydrogens is 466 g/mol. The van der Waals surface area contributed by atoms with Crippen molar-refractivity contribution in [3.05, 3.63) is 120 Å². The van der Waals surface area contributed by atoms with E-state index >= 15 is 0 Å². The van der Waals surface area contributed by atoms with Crippen LogP contribution < -0.4 is 9.64 Å². The Morgan fingerprint density at radius 3 is 2.28 bits per heavy atom. The molecule has 6 heteroatoms. The van der Waals surface area contributed by atoms with Gasteiger partial charge in [-0.15, -0.1) is 0 Å². The number of thiazole rings is 1. The van der Waals surface area contributed by atoms with Crippen molar-refractivity contribution in [1.82, 2.24) is 9.97 Å². The molecule has 180 valence electrons. The number of ether oxygens (including phenoxy) is 1. The van der Waals surface area contributed by atoms with Crippen LogP contribution in [-0.2, 0) is 11.3 Å². The lowest BCUT2D eigenvalue weighted by atomic mass is 9.88. The third-order valence-electron chi connectivity index (χ3n) is 6.05. The van der Waals surface area contributed by atoms with E-state index in [0.717, 1.165) is 32.7 Å². The third-order valence-corrected chi connectivity index (χ3v) is 7.09. The molecule has 0 atom stereocenters. The molecule has 0 radical (unpaired) electrons. The monoisotopic (exact) mass is 493 g/mol. The van der Waals surface area contributed by atoms with Gasteiger partial charge in [-0.3, -0.25) is 14.7 Å². The maximum atomic E-state index is 14.0. The Hall–Kier alpha value is -4.03. The van der Waals surface area contributed by atoms with E-state index in [4.69, 9.17) is 9.72 Å². The maximum Gasteiger partial charge on any atom is 0.230 e. The van der Waals surface area contributed by atoms with Gasteiger partial charge in [0.05, 0.1) is 17.9 Å². The van der Waals surface area contributed by atoms with Gasteiger partial charge < -0.3 is 4.74 Å². The highest BCUT2D eigenvalue weighted by Gasteiger charge is 2.26. The van der Waals surface area contributed by atoms with E-state index in [1.807, 2.05) is 73.7 Å². The summed E-state index contributed by atoms with van der Waals surface area (Å²) in [7, 11) is 0. The van der Waals surface area contributed by atoms with Gasteiger partial charge >= 0.3 is 0 Å². The summed E-state index contributed by atoms with van der Waals surface area (Å²) in [5.41, 5.74) is 3.96. The number of anilines is 1. The minimum absolute atomic E-state index is 0.00794. The number of amides is 1. The SMILES string of the molecule is CCOc1cccc2sc(N(Cc3cccnc3)C(=O)CC(c3ccccc3)c3ccccc3)nc12. The molecule has 36 heavy (non-hydrogen) atoms. The standard InChI is InChI=1S/C30H27N3O2S/c1-2-35-26-16-9-17-27-29(26)32-30(36-27)33(21-22-11-10-18-31-20-22)28(34)19-25(23-12-5-3-6-13-23)24-14-7-4-8-15-24/h3-18,20,25H,2,19,21H2,1H3. The Morgan fingerprint density at radius 1 is 0.917 bits per heavy atom. The highest BCUT2D eigenvalue weighted by Crippen LogP contribution is 2.36. The lowest BCUT2D eigenvalue weighted by Crippen LogP contribution is -2.31. The molecular formula is C30H27N3O2S. The lowest BCUT2D eigenvalue weighted by molar-refractivity contribution is -0.119. The topological polar surface area (TPSA) is 55.3 Å². The Balaban J connectivity index is 1.53. The highest BCUT2D eigenvalue weighted by molar-refractivity contribution is 7.22. The quantitative estimate of drug-likeness (QED) is 0.225. The largest absolute Gasteiger partial charge is 0.492 e. The van der Waals surface area contributed by atoms with Crippen molar-refractivity contribution >= 4 is 32.6 Å². The van der Waals surface area contributed by atoms with Crippen LogP contribution in [0.25, 0.3) is 10.2 Å². The maximum absolute atomic E-state index is 14.0. The van der Waals surface area contributed by atoms with Gasteiger partial charge in [0.1, 0.15) is 11.3 Å². The average molecular weight is 494 g/mol. The first kappa shape index (κ1) is 23.7. The molecule has 0 fully saturated rings. The zero-order chi connectivity index (χ0) is 24.7. The van der Waals surface area contributed by atoms with Crippen molar-refractivity contribution in [2.24, 2.45) is 0 Å². The van der Waals surface area contributed by atoms with Crippen LogP contribution in [-0.4, -0.2) is 22.5 Å². The van der Waals surface area contributed by atoms with E-state index in [1.165, 1.54) is 11.3 Å². The molecule has 5 rings (SSSR count). The molecule has 2 heterocycles. The van der Waals surface area contributed by atoms with E-state index < -0.39 is 0 Å². The summed E-state index contributed by atoms with van der Waals surface area (Å²) in [6.07, 6.45) is 3.86. The Bertz CT molecular complexity index is 1380. The summed E-state index contributed by atoms with van der Waals surface area (Å²) in [5.74, 6) is 0.677. The molecule has 0 saturated carbocycles. The third kappa shape index (κ3) is 5.29. The Kier molecular flexibility index (Phi) is 7.33. The van der Waals surface area contributed by atoms with Crippen molar-refractivity contribution in [2.75, 3.05) is 11.5 Å². The van der Waals surface area contributed by atoms with Crippen LogP contribution in [0.2, 0.25) is 0 Å². The summed E-state index contributed by atoms with van der Waals surface area (Å²) < 4.78 is 6.79. The fourth-order valence-electron chi connectivity index (χ4n) is 4.32. The van der Waals surface area contributed by atoms with Gasteiger partial charge in [0.2, 0.25) is 5.91 Å². The molecule has 2 aromatic heterocycles. The van der Waals surface area contributed by atoms with Gasteiger partial charge in [-0.05, 0) is 41.8 Å². The van der Waals surface area contributed by atoms with Crippen molar-refractivity contribution in [1.29, 1.82) is 0 Å². The molecule has 0 unspecified atom stereocenters. The number of aromatic nitrogens is 2. The number of rotatable bonds is 9. The second-order valence-electron chi connectivity index (χ2n) is 8.45. The lowest BCUT2D eigenvalue weighted by Gasteiger charge is -2.24. The van der Waals surface area contributed by atoms with E-state index in [9.17, 15) is 4.79 Å². The number of fused-ring (bicyclic) bond motifs is 1. The summed E-state index contributed by atoms with van der Waals surface area (Å²) in [5, 5.41) is 0.658. The Morgan fingerprint density at radius 2 is 1.64 bits per heavy atom.